The van der Waals surface area contributed by atoms with Gasteiger partial charge in [0.05, 0.1) is 4.90 Å². The first-order chi connectivity index (χ1) is 5.82. The molecule has 0 saturated carbocycles. The van der Waals surface area contributed by atoms with Crippen molar-refractivity contribution in [3.63, 3.8) is 0 Å². The van der Waals surface area contributed by atoms with Crippen molar-refractivity contribution < 1.29 is 8.42 Å². The number of rotatable bonds is 1. The molecular formula is C7H5BrCl2O2S. The number of aryl methyl sites for hydroxylation is 1. The van der Waals surface area contributed by atoms with Gasteiger partial charge < -0.3 is 0 Å². The summed E-state index contributed by atoms with van der Waals surface area (Å²) in [6.45, 7) is 1.71. The van der Waals surface area contributed by atoms with Crippen molar-refractivity contribution in [3.8, 4) is 0 Å². The molecule has 0 radical (unpaired) electrons. The van der Waals surface area contributed by atoms with Crippen LogP contribution in [0.25, 0.3) is 0 Å². The summed E-state index contributed by atoms with van der Waals surface area (Å²) in [5.41, 5.74) is 0.670. The molecule has 0 aliphatic rings. The first-order valence-corrected chi connectivity index (χ1v) is 6.70. The van der Waals surface area contributed by atoms with Crippen molar-refractivity contribution in [2.75, 3.05) is 0 Å². The Morgan fingerprint density at radius 3 is 2.38 bits per heavy atom. The molecule has 0 N–H and O–H groups in total. The molecule has 0 atom stereocenters. The molecule has 1 aromatic rings. The monoisotopic (exact) mass is 302 g/mol. The van der Waals surface area contributed by atoms with E-state index >= 15 is 0 Å². The molecule has 0 saturated heterocycles. The van der Waals surface area contributed by atoms with Crippen LogP contribution < -0.4 is 0 Å². The summed E-state index contributed by atoms with van der Waals surface area (Å²) < 4.78 is 22.4. The highest BCUT2D eigenvalue weighted by atomic mass is 79.9. The van der Waals surface area contributed by atoms with Crippen molar-refractivity contribution in [1.29, 1.82) is 0 Å². The molecule has 0 aliphatic heterocycles. The molecule has 0 heterocycles. The van der Waals surface area contributed by atoms with Crippen molar-refractivity contribution in [2.45, 2.75) is 11.8 Å². The summed E-state index contributed by atoms with van der Waals surface area (Å²) in [6.07, 6.45) is 0. The van der Waals surface area contributed by atoms with Crippen LogP contribution in [0.1, 0.15) is 5.56 Å². The molecule has 0 fully saturated rings. The van der Waals surface area contributed by atoms with Crippen molar-refractivity contribution in [2.24, 2.45) is 0 Å². The molecule has 0 aromatic heterocycles. The van der Waals surface area contributed by atoms with Gasteiger partial charge in [-0.05, 0) is 40.5 Å². The number of halogens is 3. The summed E-state index contributed by atoms with van der Waals surface area (Å²) >= 11 is 8.84. The third-order valence-electron chi connectivity index (χ3n) is 1.48. The first-order valence-electron chi connectivity index (χ1n) is 3.22. The summed E-state index contributed by atoms with van der Waals surface area (Å²) in [7, 11) is 1.48. The van der Waals surface area contributed by atoms with Gasteiger partial charge in [0.25, 0.3) is 9.05 Å². The highest BCUT2D eigenvalue weighted by Gasteiger charge is 2.15. The Bertz CT molecular complexity index is 442. The van der Waals surface area contributed by atoms with Crippen LogP contribution in [0.2, 0.25) is 5.02 Å². The molecule has 0 amide bonds. The van der Waals surface area contributed by atoms with Gasteiger partial charge in [0, 0.05) is 20.2 Å². The Morgan fingerprint density at radius 1 is 1.38 bits per heavy atom. The van der Waals surface area contributed by atoms with Crippen LogP contribution in [-0.2, 0) is 9.05 Å². The SMILES string of the molecule is Cc1cc(S(=O)(=O)Cl)c(Br)cc1Cl. The van der Waals surface area contributed by atoms with E-state index in [0.717, 1.165) is 0 Å². The maximum Gasteiger partial charge on any atom is 0.262 e. The van der Waals surface area contributed by atoms with Crippen LogP contribution in [0.3, 0.4) is 0 Å². The Labute approximate surface area is 94.4 Å². The smallest absolute Gasteiger partial charge is 0.207 e. The second-order valence-corrected chi connectivity index (χ2v) is 6.27. The summed E-state index contributed by atoms with van der Waals surface area (Å²) in [5.74, 6) is 0. The van der Waals surface area contributed by atoms with Gasteiger partial charge in [-0.3, -0.25) is 0 Å². The minimum atomic E-state index is -3.71. The van der Waals surface area contributed by atoms with Gasteiger partial charge in [0.15, 0.2) is 0 Å². The standard InChI is InChI=1S/C7H5BrCl2O2S/c1-4-2-7(13(10,11)12)5(8)3-6(4)9/h2-3H,1H3. The van der Waals surface area contributed by atoms with Gasteiger partial charge >= 0.3 is 0 Å². The lowest BCUT2D eigenvalue weighted by molar-refractivity contribution is 0.609. The van der Waals surface area contributed by atoms with E-state index in [0.29, 0.717) is 15.1 Å². The zero-order chi connectivity index (χ0) is 10.2. The van der Waals surface area contributed by atoms with Gasteiger partial charge in [-0.1, -0.05) is 11.6 Å². The van der Waals surface area contributed by atoms with Gasteiger partial charge in [-0.2, -0.15) is 0 Å². The lowest BCUT2D eigenvalue weighted by atomic mass is 10.2. The number of hydrogen-bond acceptors (Lipinski definition) is 2. The summed E-state index contributed by atoms with van der Waals surface area (Å²) in [6, 6.07) is 2.93. The average Bonchev–Trinajstić information content (AvgIpc) is 1.94. The molecule has 6 heteroatoms. The lowest BCUT2D eigenvalue weighted by Gasteiger charge is -2.03. The molecule has 1 aromatic carbocycles. The lowest BCUT2D eigenvalue weighted by Crippen LogP contribution is -1.93. The Balaban J connectivity index is 3.50. The van der Waals surface area contributed by atoms with Crippen molar-refractivity contribution in [1.82, 2.24) is 0 Å². The van der Waals surface area contributed by atoms with E-state index in [4.69, 9.17) is 22.3 Å². The van der Waals surface area contributed by atoms with E-state index < -0.39 is 9.05 Å². The quantitative estimate of drug-likeness (QED) is 0.746. The van der Waals surface area contributed by atoms with Crippen LogP contribution in [0.4, 0.5) is 0 Å². The van der Waals surface area contributed by atoms with Gasteiger partial charge in [-0.15, -0.1) is 0 Å². The van der Waals surface area contributed by atoms with Crippen molar-refractivity contribution >= 4 is 47.3 Å². The molecule has 2 nitrogen and oxygen atoms in total. The van der Waals surface area contributed by atoms with Crippen LogP contribution in [0.5, 0.6) is 0 Å². The molecule has 0 aliphatic carbocycles. The van der Waals surface area contributed by atoms with E-state index in [1.54, 1.807) is 6.92 Å². The highest BCUT2D eigenvalue weighted by Crippen LogP contribution is 2.30. The Kier molecular flexibility index (Phi) is 3.28. The third kappa shape index (κ3) is 2.59. The Morgan fingerprint density at radius 2 is 1.92 bits per heavy atom. The maximum atomic E-state index is 11.0. The maximum absolute atomic E-state index is 11.0. The van der Waals surface area contributed by atoms with E-state index in [2.05, 4.69) is 15.9 Å². The number of hydrogen-bond donors (Lipinski definition) is 0. The number of benzene rings is 1. The van der Waals surface area contributed by atoms with E-state index in [9.17, 15) is 8.42 Å². The second-order valence-electron chi connectivity index (χ2n) is 2.47. The van der Waals surface area contributed by atoms with E-state index in [-0.39, 0.29) is 4.90 Å². The van der Waals surface area contributed by atoms with Crippen LogP contribution in [0.15, 0.2) is 21.5 Å². The van der Waals surface area contributed by atoms with Gasteiger partial charge in [0.2, 0.25) is 0 Å². The molecule has 13 heavy (non-hydrogen) atoms. The fraction of sp³-hybridized carbons (Fsp3) is 0.143. The minimum Gasteiger partial charge on any atom is -0.207 e. The predicted octanol–water partition coefficient (Wildman–Crippen LogP) is 3.34. The largest absolute Gasteiger partial charge is 0.262 e. The predicted molar refractivity (Wildman–Crippen MR) is 56.9 cm³/mol. The van der Waals surface area contributed by atoms with Crippen LogP contribution >= 0.6 is 38.2 Å². The van der Waals surface area contributed by atoms with Gasteiger partial charge in [0.1, 0.15) is 0 Å². The van der Waals surface area contributed by atoms with Gasteiger partial charge in [-0.25, -0.2) is 8.42 Å². The molecule has 0 spiro atoms. The third-order valence-corrected chi connectivity index (χ3v) is 4.16. The zero-order valence-electron chi connectivity index (χ0n) is 6.51. The van der Waals surface area contributed by atoms with Crippen LogP contribution in [-0.4, -0.2) is 8.42 Å². The normalized spacial score (nSPS) is 11.7. The fourth-order valence-corrected chi connectivity index (χ4v) is 3.37. The first kappa shape index (κ1) is 11.3. The Hall–Kier alpha value is 0.230. The molecule has 1 rings (SSSR count). The topological polar surface area (TPSA) is 34.1 Å². The second kappa shape index (κ2) is 3.77. The van der Waals surface area contributed by atoms with Crippen molar-refractivity contribution in [3.05, 3.63) is 27.2 Å². The zero-order valence-corrected chi connectivity index (χ0v) is 10.4. The minimum absolute atomic E-state index is 0.0380. The summed E-state index contributed by atoms with van der Waals surface area (Å²) in [5, 5.41) is 0.496. The molecular weight excluding hydrogens is 299 g/mol. The highest BCUT2D eigenvalue weighted by molar-refractivity contribution is 9.10. The average molecular weight is 304 g/mol. The van der Waals surface area contributed by atoms with Crippen LogP contribution in [0, 0.1) is 6.92 Å². The fourth-order valence-electron chi connectivity index (χ4n) is 0.818. The molecule has 0 bridgehead atoms. The van der Waals surface area contributed by atoms with E-state index in [1.165, 1.54) is 12.1 Å². The molecule has 0 unspecified atom stereocenters. The molecule has 72 valence electrons. The van der Waals surface area contributed by atoms with E-state index in [1.807, 2.05) is 0 Å². The summed E-state index contributed by atoms with van der Waals surface area (Å²) in [4.78, 5) is 0.0380.